The number of methoxy groups -OCH3 is 2. The van der Waals surface area contributed by atoms with Gasteiger partial charge in [-0.25, -0.2) is 0 Å². The van der Waals surface area contributed by atoms with Gasteiger partial charge in [-0.15, -0.1) is 0 Å². The van der Waals surface area contributed by atoms with E-state index in [2.05, 4.69) is 11.7 Å². The topological polar surface area (TPSA) is 54.4 Å². The van der Waals surface area contributed by atoms with E-state index in [1.54, 1.807) is 27.3 Å². The van der Waals surface area contributed by atoms with E-state index in [4.69, 9.17) is 32.7 Å². The number of benzene rings is 2. The molecule has 1 atom stereocenters. The normalized spacial score (nSPS) is 14.3. The Morgan fingerprint density at radius 3 is 2.24 bits per heavy atom. The van der Waals surface area contributed by atoms with Gasteiger partial charge >= 0.3 is 0 Å². The number of likely N-dealkylation sites (N-methyl/N-ethyl adjacent to an activating group) is 1. The van der Waals surface area contributed by atoms with Crippen molar-refractivity contribution in [3.05, 3.63) is 69.3 Å². The zero-order valence-corrected chi connectivity index (χ0v) is 22.4. The van der Waals surface area contributed by atoms with Gasteiger partial charge in [0.2, 0.25) is 0 Å². The molecule has 2 aromatic rings. The molecule has 0 aromatic heterocycles. The Hall–Kier alpha value is -2.70. The molecule has 1 aliphatic heterocycles. The number of ether oxygens (including phenoxy) is 2. The quantitative estimate of drug-likeness (QED) is 0.272. The SMILES string of the molecule is C=C(C(=O)N1CCc2cc(OC)cc(OC)c2C1C)N(C)N=C(C)C.Cc1cc(Cl)cc(Cl)c1. The third-order valence-electron chi connectivity index (χ3n) is 5.42. The molecular weight excluding hydrogens is 473 g/mol. The molecule has 0 N–H and O–H groups in total. The molecule has 0 bridgehead atoms. The largest absolute Gasteiger partial charge is 0.497 e. The molecule has 6 nitrogen and oxygen atoms in total. The number of hydrogen-bond donors (Lipinski definition) is 0. The average molecular weight is 506 g/mol. The second-order valence-corrected chi connectivity index (χ2v) is 9.16. The highest BCUT2D eigenvalue weighted by Crippen LogP contribution is 2.39. The highest BCUT2D eigenvalue weighted by atomic mass is 35.5. The van der Waals surface area contributed by atoms with Crippen molar-refractivity contribution in [1.82, 2.24) is 9.91 Å². The van der Waals surface area contributed by atoms with Crippen LogP contribution in [0.2, 0.25) is 10.0 Å². The van der Waals surface area contributed by atoms with Crippen molar-refractivity contribution in [2.24, 2.45) is 5.10 Å². The predicted molar refractivity (Wildman–Crippen MR) is 140 cm³/mol. The summed E-state index contributed by atoms with van der Waals surface area (Å²) in [5.41, 5.74) is 4.47. The number of aryl methyl sites for hydroxylation is 1. The summed E-state index contributed by atoms with van der Waals surface area (Å²) >= 11 is 11.3. The number of rotatable bonds is 5. The summed E-state index contributed by atoms with van der Waals surface area (Å²) < 4.78 is 10.9. The third kappa shape index (κ3) is 6.90. The minimum absolute atomic E-state index is 0.117. The fourth-order valence-corrected chi connectivity index (χ4v) is 4.48. The first-order valence-electron chi connectivity index (χ1n) is 10.9. The number of hydrogen-bond acceptors (Lipinski definition) is 5. The van der Waals surface area contributed by atoms with Crippen LogP contribution in [0.5, 0.6) is 11.5 Å². The van der Waals surface area contributed by atoms with E-state index in [9.17, 15) is 4.79 Å². The van der Waals surface area contributed by atoms with E-state index in [-0.39, 0.29) is 11.9 Å². The molecular formula is C26H33Cl2N3O3. The minimum atomic E-state index is -0.122. The molecule has 0 radical (unpaired) electrons. The summed E-state index contributed by atoms with van der Waals surface area (Å²) in [7, 11) is 5.01. The van der Waals surface area contributed by atoms with Gasteiger partial charge in [0.25, 0.3) is 5.91 Å². The molecule has 0 fully saturated rings. The summed E-state index contributed by atoms with van der Waals surface area (Å²) in [5, 5.41) is 7.20. The zero-order valence-electron chi connectivity index (χ0n) is 20.9. The van der Waals surface area contributed by atoms with Crippen molar-refractivity contribution < 1.29 is 14.3 Å². The van der Waals surface area contributed by atoms with E-state index in [0.29, 0.717) is 22.3 Å². The van der Waals surface area contributed by atoms with Crippen LogP contribution < -0.4 is 9.47 Å². The van der Waals surface area contributed by atoms with Crippen LogP contribution in [0.1, 0.15) is 43.5 Å². The van der Waals surface area contributed by atoms with Gasteiger partial charge in [-0.05, 0) is 69.5 Å². The lowest BCUT2D eigenvalue weighted by Gasteiger charge is -2.37. The lowest BCUT2D eigenvalue weighted by atomic mass is 9.92. The Labute approximate surface area is 212 Å². The van der Waals surface area contributed by atoms with Gasteiger partial charge in [0.05, 0.1) is 20.3 Å². The van der Waals surface area contributed by atoms with Crippen molar-refractivity contribution in [3.8, 4) is 11.5 Å². The fourth-order valence-electron chi connectivity index (χ4n) is 3.85. The molecule has 0 spiro atoms. The smallest absolute Gasteiger partial charge is 0.271 e. The van der Waals surface area contributed by atoms with Gasteiger partial charge in [0.15, 0.2) is 0 Å². The molecule has 1 amide bonds. The summed E-state index contributed by atoms with van der Waals surface area (Å²) in [4.78, 5) is 14.7. The van der Waals surface area contributed by atoms with Crippen molar-refractivity contribution in [2.75, 3.05) is 27.8 Å². The fraction of sp³-hybridized carbons (Fsp3) is 0.385. The van der Waals surface area contributed by atoms with Crippen LogP contribution in [-0.4, -0.2) is 49.3 Å². The highest BCUT2D eigenvalue weighted by Gasteiger charge is 2.32. The molecule has 184 valence electrons. The van der Waals surface area contributed by atoms with Gasteiger partial charge in [-0.1, -0.05) is 29.8 Å². The van der Waals surface area contributed by atoms with Gasteiger partial charge in [0, 0.05) is 41.0 Å². The number of carbonyl (C=O) groups excluding carboxylic acids is 1. The minimum Gasteiger partial charge on any atom is -0.497 e. The molecule has 1 unspecified atom stereocenters. The second-order valence-electron chi connectivity index (χ2n) is 8.29. The zero-order chi connectivity index (χ0) is 25.6. The number of hydrazone groups is 1. The maximum atomic E-state index is 12.9. The number of fused-ring (bicyclic) bond motifs is 1. The van der Waals surface area contributed by atoms with E-state index >= 15 is 0 Å². The lowest BCUT2D eigenvalue weighted by molar-refractivity contribution is -0.131. The van der Waals surface area contributed by atoms with Crippen molar-refractivity contribution in [3.63, 3.8) is 0 Å². The third-order valence-corrected chi connectivity index (χ3v) is 5.86. The van der Waals surface area contributed by atoms with Gasteiger partial charge in [-0.3, -0.25) is 9.80 Å². The van der Waals surface area contributed by atoms with Crippen LogP contribution in [0, 0.1) is 6.92 Å². The first kappa shape index (κ1) is 27.5. The summed E-state index contributed by atoms with van der Waals surface area (Å²) in [6.45, 7) is 12.3. The maximum absolute atomic E-state index is 12.9. The van der Waals surface area contributed by atoms with E-state index in [1.165, 1.54) is 5.01 Å². The Morgan fingerprint density at radius 2 is 1.74 bits per heavy atom. The summed E-state index contributed by atoms with van der Waals surface area (Å²) in [5.74, 6) is 1.38. The molecule has 8 heteroatoms. The Morgan fingerprint density at radius 1 is 1.12 bits per heavy atom. The van der Waals surface area contributed by atoms with Gasteiger partial charge < -0.3 is 14.4 Å². The van der Waals surface area contributed by atoms with Crippen LogP contribution in [0.25, 0.3) is 0 Å². The molecule has 0 saturated heterocycles. The maximum Gasteiger partial charge on any atom is 0.271 e. The van der Waals surface area contributed by atoms with Crippen molar-refractivity contribution in [2.45, 2.75) is 40.2 Å². The van der Waals surface area contributed by atoms with E-state index < -0.39 is 0 Å². The number of amides is 1. The van der Waals surface area contributed by atoms with Crippen LogP contribution in [0.15, 0.2) is 47.7 Å². The van der Waals surface area contributed by atoms with E-state index in [0.717, 1.165) is 40.3 Å². The number of halogens is 2. The molecule has 0 saturated carbocycles. The highest BCUT2D eigenvalue weighted by molar-refractivity contribution is 6.34. The Balaban J connectivity index is 0.000000379. The molecule has 3 rings (SSSR count). The molecule has 0 aliphatic carbocycles. The molecule has 1 heterocycles. The van der Waals surface area contributed by atoms with Crippen LogP contribution in [0.4, 0.5) is 0 Å². The molecule has 2 aromatic carbocycles. The van der Waals surface area contributed by atoms with Gasteiger partial charge in [0.1, 0.15) is 17.2 Å². The molecule has 1 aliphatic rings. The lowest BCUT2D eigenvalue weighted by Crippen LogP contribution is -2.41. The van der Waals surface area contributed by atoms with Crippen LogP contribution in [-0.2, 0) is 11.2 Å². The van der Waals surface area contributed by atoms with E-state index in [1.807, 2.05) is 56.9 Å². The summed E-state index contributed by atoms with van der Waals surface area (Å²) in [6.07, 6.45) is 0.742. The van der Waals surface area contributed by atoms with Crippen LogP contribution in [0.3, 0.4) is 0 Å². The first-order chi connectivity index (χ1) is 16.0. The number of nitrogens with zero attached hydrogens (tertiary/aromatic N) is 3. The van der Waals surface area contributed by atoms with Gasteiger partial charge in [-0.2, -0.15) is 5.10 Å². The Bertz CT molecular complexity index is 1010. The standard InChI is InChI=1S/C19H27N3O3.C7H6Cl2/c1-12(2)20-21(5)14(4)19(23)22-9-8-15-10-16(24-6)11-17(25-7)18(15)13(22)3;1-5-2-6(8)4-7(9)3-5/h10-11,13H,4,8-9H2,1-3,5-7H3;2-4H,1H3. The average Bonchev–Trinajstić information content (AvgIpc) is 2.76. The summed E-state index contributed by atoms with van der Waals surface area (Å²) in [6, 6.07) is 9.21. The second kappa shape index (κ2) is 12.1. The number of carbonyl (C=O) groups is 1. The Kier molecular flexibility index (Phi) is 9.83. The predicted octanol–water partition coefficient (Wildman–Crippen LogP) is 6.29. The van der Waals surface area contributed by atoms with Crippen molar-refractivity contribution in [1.29, 1.82) is 0 Å². The first-order valence-corrected chi connectivity index (χ1v) is 11.7. The molecule has 34 heavy (non-hydrogen) atoms. The van der Waals surface area contributed by atoms with Crippen LogP contribution >= 0.6 is 23.2 Å². The monoisotopic (exact) mass is 505 g/mol. The van der Waals surface area contributed by atoms with Crippen molar-refractivity contribution >= 4 is 34.8 Å².